The molecule has 0 radical (unpaired) electrons. The van der Waals surface area contributed by atoms with Crippen LogP contribution in [0, 0.1) is 0 Å². The number of halogens is 2. The Balaban J connectivity index is 1.80. The van der Waals surface area contributed by atoms with Gasteiger partial charge in [0, 0.05) is 23.5 Å². The third-order valence-electron chi connectivity index (χ3n) is 2.56. The molecule has 2 nitrogen and oxygen atoms in total. The quantitative estimate of drug-likeness (QED) is 0.795. The van der Waals surface area contributed by atoms with E-state index in [0.29, 0.717) is 11.6 Å². The monoisotopic (exact) mass is 345 g/mol. The number of benzene rings is 1. The Morgan fingerprint density at radius 3 is 2.83 bits per heavy atom. The van der Waals surface area contributed by atoms with Crippen molar-refractivity contribution in [2.24, 2.45) is 0 Å². The second-order valence-corrected chi connectivity index (χ2v) is 6.83. The van der Waals surface area contributed by atoms with E-state index in [1.165, 1.54) is 4.88 Å². The summed E-state index contributed by atoms with van der Waals surface area (Å²) in [5, 5.41) is 13.4. The van der Waals surface area contributed by atoms with Crippen LogP contribution >= 0.6 is 38.9 Å². The molecular weight excluding hydrogens is 334 g/mol. The first kappa shape index (κ1) is 13.9. The van der Waals surface area contributed by atoms with Crippen LogP contribution in [-0.2, 0) is 13.0 Å². The molecule has 2 aromatic rings. The molecule has 5 heteroatoms. The van der Waals surface area contributed by atoms with Gasteiger partial charge in [0.1, 0.15) is 5.75 Å². The number of phenols is 1. The molecule has 1 aromatic heterocycles. The number of aromatic hydroxyl groups is 1. The lowest BCUT2D eigenvalue weighted by Crippen LogP contribution is -2.16. The number of thiophene rings is 1. The van der Waals surface area contributed by atoms with E-state index in [2.05, 4.69) is 33.4 Å². The van der Waals surface area contributed by atoms with Gasteiger partial charge in [-0.3, -0.25) is 0 Å². The summed E-state index contributed by atoms with van der Waals surface area (Å²) in [6.45, 7) is 1.50. The molecule has 1 aromatic carbocycles. The lowest BCUT2D eigenvalue weighted by atomic mass is 10.2. The number of phenolic OH excluding ortho intramolecular Hbond substituents is 1. The zero-order chi connectivity index (χ0) is 13.0. The Bertz CT molecular complexity index is 529. The molecule has 0 aliphatic heterocycles. The first-order chi connectivity index (χ1) is 8.66. The minimum Gasteiger partial charge on any atom is -0.506 e. The van der Waals surface area contributed by atoms with Crippen LogP contribution < -0.4 is 5.32 Å². The molecular formula is C13H13BrClNOS. The Hall–Kier alpha value is -0.550. The Morgan fingerprint density at radius 2 is 2.11 bits per heavy atom. The lowest BCUT2D eigenvalue weighted by Gasteiger charge is -2.07. The summed E-state index contributed by atoms with van der Waals surface area (Å²) < 4.78 is 1.16. The molecule has 0 aliphatic rings. The largest absolute Gasteiger partial charge is 0.506 e. The van der Waals surface area contributed by atoms with Gasteiger partial charge in [0.2, 0.25) is 0 Å². The Labute approximate surface area is 124 Å². The fraction of sp³-hybridized carbons (Fsp3) is 0.231. The van der Waals surface area contributed by atoms with Crippen molar-refractivity contribution in [3.05, 3.63) is 49.6 Å². The molecule has 0 saturated heterocycles. The second kappa shape index (κ2) is 6.57. The molecule has 0 unspecified atom stereocenters. The molecule has 0 amide bonds. The maximum absolute atomic E-state index is 9.74. The van der Waals surface area contributed by atoms with Gasteiger partial charge in [-0.2, -0.15) is 0 Å². The Morgan fingerprint density at radius 1 is 1.28 bits per heavy atom. The van der Waals surface area contributed by atoms with E-state index in [1.54, 1.807) is 17.4 Å². The van der Waals surface area contributed by atoms with E-state index < -0.39 is 0 Å². The summed E-state index contributed by atoms with van der Waals surface area (Å²) in [6.07, 6.45) is 0.984. The van der Waals surface area contributed by atoms with Crippen LogP contribution in [0.25, 0.3) is 0 Å². The minimum atomic E-state index is 0.172. The average molecular weight is 347 g/mol. The first-order valence-corrected chi connectivity index (χ1v) is 7.57. The predicted octanol–water partition coefficient (Wildman–Crippen LogP) is 4.20. The number of nitrogens with one attached hydrogen (secondary N) is 1. The summed E-state index contributed by atoms with van der Waals surface area (Å²) >= 11 is 11.0. The van der Waals surface area contributed by atoms with Crippen molar-refractivity contribution < 1.29 is 5.11 Å². The molecule has 1 heterocycles. The summed E-state index contributed by atoms with van der Waals surface area (Å²) in [4.78, 5) is 1.34. The molecule has 0 bridgehead atoms. The van der Waals surface area contributed by atoms with Gasteiger partial charge in [-0.25, -0.2) is 0 Å². The molecule has 0 fully saturated rings. The third-order valence-corrected chi connectivity index (χ3v) is 4.55. The maximum atomic E-state index is 9.74. The normalized spacial score (nSPS) is 10.8. The van der Waals surface area contributed by atoms with Crippen molar-refractivity contribution in [1.82, 2.24) is 5.32 Å². The predicted molar refractivity (Wildman–Crippen MR) is 80.5 cm³/mol. The van der Waals surface area contributed by atoms with Gasteiger partial charge in [-0.1, -0.05) is 23.7 Å². The average Bonchev–Trinajstić information content (AvgIpc) is 2.76. The lowest BCUT2D eigenvalue weighted by molar-refractivity contribution is 0.465. The fourth-order valence-corrected chi connectivity index (χ4v) is 3.30. The van der Waals surface area contributed by atoms with E-state index in [-0.39, 0.29) is 5.75 Å². The summed E-state index contributed by atoms with van der Waals surface area (Å²) in [6, 6.07) is 9.57. The molecule has 2 rings (SSSR count). The van der Waals surface area contributed by atoms with E-state index in [1.807, 2.05) is 12.1 Å². The van der Waals surface area contributed by atoms with E-state index in [9.17, 15) is 5.11 Å². The van der Waals surface area contributed by atoms with Crippen molar-refractivity contribution >= 4 is 38.9 Å². The summed E-state index contributed by atoms with van der Waals surface area (Å²) in [5.41, 5.74) is 0.829. The van der Waals surface area contributed by atoms with Gasteiger partial charge in [0.25, 0.3) is 0 Å². The second-order valence-electron chi connectivity index (χ2n) is 3.88. The van der Waals surface area contributed by atoms with E-state index >= 15 is 0 Å². The number of para-hydroxylation sites is 1. The first-order valence-electron chi connectivity index (χ1n) is 5.58. The number of rotatable bonds is 5. The molecule has 18 heavy (non-hydrogen) atoms. The number of hydrogen-bond acceptors (Lipinski definition) is 3. The van der Waals surface area contributed by atoms with Crippen LogP contribution in [0.15, 0.2) is 34.1 Å². The van der Waals surface area contributed by atoms with Crippen molar-refractivity contribution in [2.75, 3.05) is 6.54 Å². The molecule has 0 saturated carbocycles. The third kappa shape index (κ3) is 3.72. The van der Waals surface area contributed by atoms with Gasteiger partial charge < -0.3 is 10.4 Å². The zero-order valence-electron chi connectivity index (χ0n) is 9.62. The standard InChI is InChI=1S/C13H13BrClNOS/c14-12-5-4-10(18-12)6-7-16-8-9-2-1-3-11(15)13(9)17/h1-5,16-17H,6-8H2. The highest BCUT2D eigenvalue weighted by Gasteiger charge is 2.04. The highest BCUT2D eigenvalue weighted by molar-refractivity contribution is 9.11. The van der Waals surface area contributed by atoms with Crippen LogP contribution in [0.3, 0.4) is 0 Å². The topological polar surface area (TPSA) is 32.3 Å². The van der Waals surface area contributed by atoms with Crippen LogP contribution in [0.1, 0.15) is 10.4 Å². The molecule has 0 atom stereocenters. The zero-order valence-corrected chi connectivity index (χ0v) is 12.8. The van der Waals surface area contributed by atoms with Crippen molar-refractivity contribution in [1.29, 1.82) is 0 Å². The molecule has 96 valence electrons. The SMILES string of the molecule is Oc1c(Cl)cccc1CNCCc1ccc(Br)s1. The van der Waals surface area contributed by atoms with Gasteiger partial charge in [0.15, 0.2) is 0 Å². The van der Waals surface area contributed by atoms with Crippen LogP contribution in [0.5, 0.6) is 5.75 Å². The smallest absolute Gasteiger partial charge is 0.138 e. The minimum absolute atomic E-state index is 0.172. The van der Waals surface area contributed by atoms with Gasteiger partial charge in [-0.05, 0) is 40.5 Å². The fourth-order valence-electron chi connectivity index (χ4n) is 1.62. The number of hydrogen-bond donors (Lipinski definition) is 2. The molecule has 0 aliphatic carbocycles. The summed E-state index contributed by atoms with van der Waals surface area (Å²) in [7, 11) is 0. The van der Waals surface area contributed by atoms with Crippen LogP contribution in [-0.4, -0.2) is 11.7 Å². The van der Waals surface area contributed by atoms with Gasteiger partial charge in [0.05, 0.1) is 8.81 Å². The van der Waals surface area contributed by atoms with Crippen LogP contribution in [0.2, 0.25) is 5.02 Å². The van der Waals surface area contributed by atoms with Crippen LogP contribution in [0.4, 0.5) is 0 Å². The van der Waals surface area contributed by atoms with E-state index in [4.69, 9.17) is 11.6 Å². The van der Waals surface area contributed by atoms with Gasteiger partial charge in [-0.15, -0.1) is 11.3 Å². The van der Waals surface area contributed by atoms with Crippen molar-refractivity contribution in [3.63, 3.8) is 0 Å². The summed E-state index contributed by atoms with van der Waals surface area (Å²) in [5.74, 6) is 0.172. The Kier molecular flexibility index (Phi) is 5.06. The molecule has 0 spiro atoms. The van der Waals surface area contributed by atoms with Gasteiger partial charge >= 0.3 is 0 Å². The van der Waals surface area contributed by atoms with Crippen molar-refractivity contribution in [2.45, 2.75) is 13.0 Å². The highest BCUT2D eigenvalue weighted by atomic mass is 79.9. The molecule has 2 N–H and O–H groups in total. The van der Waals surface area contributed by atoms with Crippen molar-refractivity contribution in [3.8, 4) is 5.75 Å². The maximum Gasteiger partial charge on any atom is 0.138 e. The highest BCUT2D eigenvalue weighted by Crippen LogP contribution is 2.26. The van der Waals surface area contributed by atoms with E-state index in [0.717, 1.165) is 22.3 Å².